The lowest BCUT2D eigenvalue weighted by atomic mass is 10.2. The summed E-state index contributed by atoms with van der Waals surface area (Å²) in [7, 11) is 13.2. The van der Waals surface area contributed by atoms with Crippen LogP contribution in [0.5, 0.6) is 0 Å². The molecule has 0 unspecified atom stereocenters. The molecule has 0 aliphatic rings. The summed E-state index contributed by atoms with van der Waals surface area (Å²) in [5.41, 5.74) is 2.81. The zero-order valence-electron chi connectivity index (χ0n) is 15.8. The third kappa shape index (κ3) is 13.7. The Kier molecular flexibility index (Phi) is 12.6. The fraction of sp³-hybridized carbons (Fsp3) is 0.400. The Morgan fingerprint density at radius 3 is 0.958 bits per heavy atom. The van der Waals surface area contributed by atoms with Crippen LogP contribution in [0, 0.1) is 0 Å². The van der Waals surface area contributed by atoms with Crippen molar-refractivity contribution in [2.75, 3.05) is 42.3 Å². The van der Waals surface area contributed by atoms with Crippen LogP contribution in [0.3, 0.4) is 0 Å². The van der Waals surface area contributed by atoms with E-state index < -0.39 is 0 Å². The van der Waals surface area contributed by atoms with Crippen molar-refractivity contribution in [3.05, 3.63) is 71.8 Å². The van der Waals surface area contributed by atoms with E-state index >= 15 is 0 Å². The number of benzene rings is 2. The van der Waals surface area contributed by atoms with Crippen molar-refractivity contribution in [2.24, 2.45) is 0 Å². The van der Waals surface area contributed by atoms with Crippen LogP contribution in [0.4, 0.5) is 0 Å². The molecule has 0 aliphatic heterocycles. The van der Waals surface area contributed by atoms with Gasteiger partial charge in [-0.05, 0) is 0 Å². The second-order valence-corrected chi connectivity index (χ2v) is 7.87. The minimum absolute atomic E-state index is 0. The molecule has 2 aromatic carbocycles. The molecule has 0 bridgehead atoms. The minimum atomic E-state index is 0. The minimum Gasteiger partial charge on any atom is -1.00 e. The molecule has 0 saturated heterocycles. The van der Waals surface area contributed by atoms with Crippen LogP contribution < -0.4 is 34.0 Å². The van der Waals surface area contributed by atoms with Crippen LogP contribution in [0.25, 0.3) is 0 Å². The van der Waals surface area contributed by atoms with Gasteiger partial charge in [0.25, 0.3) is 0 Å². The first-order valence-corrected chi connectivity index (χ1v) is 7.84. The summed E-state index contributed by atoms with van der Waals surface area (Å²) >= 11 is 0. The molecular weight excluding hydrogens is 428 g/mol. The first kappa shape index (κ1) is 25.6. The van der Waals surface area contributed by atoms with Crippen molar-refractivity contribution >= 4 is 0 Å². The zero-order chi connectivity index (χ0) is 16.6. The van der Waals surface area contributed by atoms with Gasteiger partial charge in [0.1, 0.15) is 13.1 Å². The summed E-state index contributed by atoms with van der Waals surface area (Å²) in [5, 5.41) is 0. The first-order valence-electron chi connectivity index (χ1n) is 7.84. The average Bonchev–Trinajstić information content (AvgIpc) is 2.38. The summed E-state index contributed by atoms with van der Waals surface area (Å²) in [6.45, 7) is 2.20. The molecule has 0 N–H and O–H groups in total. The monoisotopic (exact) mass is 458 g/mol. The largest absolute Gasteiger partial charge is 1.00 e. The standard InChI is InChI=1S/2C10H16N.2BrH/c2*1-11(2,3)9-10-7-5-4-6-8-10;;/h2*4-8H,9H2,1-3H3;2*1H/q2*+1;;/p-2. The lowest BCUT2D eigenvalue weighted by Gasteiger charge is -2.23. The van der Waals surface area contributed by atoms with Gasteiger partial charge in [-0.3, -0.25) is 0 Å². The van der Waals surface area contributed by atoms with Crippen molar-refractivity contribution < 1.29 is 42.9 Å². The van der Waals surface area contributed by atoms with Crippen molar-refractivity contribution in [1.29, 1.82) is 0 Å². The molecule has 0 saturated carbocycles. The van der Waals surface area contributed by atoms with E-state index in [1.165, 1.54) is 11.1 Å². The second-order valence-electron chi connectivity index (χ2n) is 7.87. The summed E-state index contributed by atoms with van der Waals surface area (Å²) in [4.78, 5) is 0. The normalized spacial score (nSPS) is 10.6. The van der Waals surface area contributed by atoms with E-state index in [0.717, 1.165) is 22.1 Å². The van der Waals surface area contributed by atoms with Crippen LogP contribution >= 0.6 is 0 Å². The lowest BCUT2D eigenvalue weighted by molar-refractivity contribution is -0.884. The van der Waals surface area contributed by atoms with Gasteiger partial charge in [-0.25, -0.2) is 0 Å². The van der Waals surface area contributed by atoms with Gasteiger partial charge >= 0.3 is 0 Å². The smallest absolute Gasteiger partial charge is 0.104 e. The summed E-state index contributed by atoms with van der Waals surface area (Å²) in [6.07, 6.45) is 0. The molecule has 24 heavy (non-hydrogen) atoms. The fourth-order valence-corrected chi connectivity index (χ4v) is 2.26. The van der Waals surface area contributed by atoms with Crippen LogP contribution in [0.1, 0.15) is 11.1 Å². The highest BCUT2D eigenvalue weighted by Gasteiger charge is 2.07. The number of quaternary nitrogens is 2. The van der Waals surface area contributed by atoms with Crippen molar-refractivity contribution in [3.8, 4) is 0 Å². The summed E-state index contributed by atoms with van der Waals surface area (Å²) < 4.78 is 1.98. The van der Waals surface area contributed by atoms with Gasteiger partial charge in [-0.1, -0.05) is 60.7 Å². The van der Waals surface area contributed by atoms with E-state index in [0.29, 0.717) is 0 Å². The van der Waals surface area contributed by atoms with Crippen LogP contribution in [0.2, 0.25) is 0 Å². The molecule has 0 spiro atoms. The maximum Gasteiger partial charge on any atom is 0.104 e. The Labute approximate surface area is 169 Å². The molecule has 0 fully saturated rings. The Hall–Kier alpha value is -0.680. The molecule has 136 valence electrons. The van der Waals surface area contributed by atoms with E-state index in [-0.39, 0.29) is 34.0 Å². The molecule has 0 aromatic heterocycles. The topological polar surface area (TPSA) is 0 Å². The molecule has 4 heteroatoms. The quantitative estimate of drug-likeness (QED) is 0.455. The van der Waals surface area contributed by atoms with E-state index in [1.54, 1.807) is 0 Å². The molecule has 2 aromatic rings. The Morgan fingerprint density at radius 2 is 0.750 bits per heavy atom. The summed E-state index contributed by atoms with van der Waals surface area (Å²) in [6, 6.07) is 21.1. The number of hydrogen-bond acceptors (Lipinski definition) is 0. The highest BCUT2D eigenvalue weighted by molar-refractivity contribution is 5.13. The van der Waals surface area contributed by atoms with E-state index in [1.807, 2.05) is 0 Å². The van der Waals surface area contributed by atoms with E-state index in [9.17, 15) is 0 Å². The number of nitrogens with zero attached hydrogens (tertiary/aromatic N) is 2. The Morgan fingerprint density at radius 1 is 0.500 bits per heavy atom. The number of halogens is 2. The van der Waals surface area contributed by atoms with Crippen molar-refractivity contribution in [1.82, 2.24) is 0 Å². The van der Waals surface area contributed by atoms with E-state index in [4.69, 9.17) is 0 Å². The highest BCUT2D eigenvalue weighted by Crippen LogP contribution is 2.05. The zero-order valence-corrected chi connectivity index (χ0v) is 19.0. The molecule has 0 amide bonds. The second kappa shape index (κ2) is 11.8. The average molecular weight is 460 g/mol. The first-order chi connectivity index (χ1) is 10.2. The van der Waals surface area contributed by atoms with Crippen LogP contribution in [0.15, 0.2) is 60.7 Å². The van der Waals surface area contributed by atoms with Gasteiger partial charge in [-0.2, -0.15) is 0 Å². The summed E-state index contributed by atoms with van der Waals surface area (Å²) in [5.74, 6) is 0. The Bertz CT molecular complexity index is 478. The molecule has 0 heterocycles. The highest BCUT2D eigenvalue weighted by atomic mass is 79.9. The van der Waals surface area contributed by atoms with Gasteiger partial charge in [0.15, 0.2) is 0 Å². The SMILES string of the molecule is C[N+](C)(C)Cc1ccccc1.C[N+](C)(C)Cc1ccccc1.[Br-].[Br-]. The third-order valence-electron chi connectivity index (χ3n) is 3.00. The third-order valence-corrected chi connectivity index (χ3v) is 3.00. The van der Waals surface area contributed by atoms with Gasteiger partial charge < -0.3 is 42.9 Å². The molecule has 0 atom stereocenters. The van der Waals surface area contributed by atoms with Crippen molar-refractivity contribution in [2.45, 2.75) is 13.1 Å². The van der Waals surface area contributed by atoms with Gasteiger partial charge in [0, 0.05) is 11.1 Å². The Balaban J connectivity index is 0. The van der Waals surface area contributed by atoms with Gasteiger partial charge in [0.05, 0.1) is 42.3 Å². The number of rotatable bonds is 4. The predicted molar refractivity (Wildman–Crippen MR) is 96.4 cm³/mol. The molecule has 2 nitrogen and oxygen atoms in total. The molecule has 2 rings (SSSR count). The lowest BCUT2D eigenvalue weighted by Crippen LogP contribution is -3.00. The maximum absolute atomic E-state index is 2.20. The van der Waals surface area contributed by atoms with Crippen molar-refractivity contribution in [3.63, 3.8) is 0 Å². The fourth-order valence-electron chi connectivity index (χ4n) is 2.26. The molecule has 0 radical (unpaired) electrons. The van der Waals surface area contributed by atoms with Gasteiger partial charge in [-0.15, -0.1) is 0 Å². The van der Waals surface area contributed by atoms with Crippen LogP contribution in [-0.2, 0) is 13.1 Å². The molecule has 0 aliphatic carbocycles. The predicted octanol–water partition coefficient (Wildman–Crippen LogP) is -2.21. The van der Waals surface area contributed by atoms with Gasteiger partial charge in [0.2, 0.25) is 0 Å². The molecular formula is C20H32Br2N2. The maximum atomic E-state index is 2.20. The van der Waals surface area contributed by atoms with E-state index in [2.05, 4.69) is 103 Å². The van der Waals surface area contributed by atoms with Crippen LogP contribution in [-0.4, -0.2) is 51.3 Å². The number of hydrogen-bond donors (Lipinski definition) is 0.